The third-order valence-electron chi connectivity index (χ3n) is 5.18. The van der Waals surface area contributed by atoms with Gasteiger partial charge in [0.05, 0.1) is 11.5 Å². The van der Waals surface area contributed by atoms with Gasteiger partial charge in [-0.1, -0.05) is 50.7 Å². The lowest BCUT2D eigenvalue weighted by atomic mass is 9.73. The number of hydrogen-bond acceptors (Lipinski definition) is 2. The molecule has 0 amide bonds. The molecule has 1 N–H and O–H groups in total. The monoisotopic (exact) mass is 352 g/mol. The highest BCUT2D eigenvalue weighted by molar-refractivity contribution is 5.75. The van der Waals surface area contributed by atoms with E-state index in [0.717, 1.165) is 64.2 Å². The van der Waals surface area contributed by atoms with E-state index in [4.69, 9.17) is 4.74 Å². The van der Waals surface area contributed by atoms with Crippen molar-refractivity contribution in [3.8, 4) is 0 Å². The molecule has 0 bridgehead atoms. The summed E-state index contributed by atoms with van der Waals surface area (Å²) in [5, 5.41) is 10.00. The minimum Gasteiger partial charge on any atom is -0.481 e. The van der Waals surface area contributed by atoms with Crippen molar-refractivity contribution in [2.24, 2.45) is 5.41 Å². The summed E-state index contributed by atoms with van der Waals surface area (Å²) in [4.78, 5) is 12.2. The van der Waals surface area contributed by atoms with Crippen LogP contribution in [0.3, 0.4) is 0 Å². The quantitative estimate of drug-likeness (QED) is 0.225. The zero-order chi connectivity index (χ0) is 19.0. The predicted molar refractivity (Wildman–Crippen MR) is 107 cm³/mol. The van der Waals surface area contributed by atoms with Gasteiger partial charge in [0.2, 0.25) is 0 Å². The molecule has 1 atom stereocenters. The van der Waals surface area contributed by atoms with Crippen molar-refractivity contribution in [2.75, 3.05) is 6.61 Å². The van der Waals surface area contributed by atoms with Gasteiger partial charge < -0.3 is 9.84 Å². The van der Waals surface area contributed by atoms with Crippen LogP contribution in [-0.2, 0) is 9.53 Å². The normalized spacial score (nSPS) is 12.7. The van der Waals surface area contributed by atoms with E-state index in [1.165, 1.54) is 0 Å². The van der Waals surface area contributed by atoms with Crippen LogP contribution >= 0.6 is 0 Å². The lowest BCUT2D eigenvalue weighted by molar-refractivity contribution is -0.161. The number of unbranched alkanes of at least 4 members (excludes halogenated alkanes) is 8. The lowest BCUT2D eigenvalue weighted by Crippen LogP contribution is -2.42. The van der Waals surface area contributed by atoms with Crippen molar-refractivity contribution < 1.29 is 14.6 Å². The highest BCUT2D eigenvalue weighted by Crippen LogP contribution is 2.37. The largest absolute Gasteiger partial charge is 0.481 e. The van der Waals surface area contributed by atoms with E-state index in [1.54, 1.807) is 0 Å². The van der Waals surface area contributed by atoms with Crippen LogP contribution in [0, 0.1) is 5.41 Å². The van der Waals surface area contributed by atoms with Crippen molar-refractivity contribution in [1.29, 1.82) is 0 Å². The van der Waals surface area contributed by atoms with Crippen LogP contribution in [0.5, 0.6) is 0 Å². The van der Waals surface area contributed by atoms with Crippen LogP contribution in [-0.4, -0.2) is 23.8 Å². The van der Waals surface area contributed by atoms with Gasteiger partial charge in [0.25, 0.3) is 0 Å². The molecule has 0 radical (unpaired) electrons. The highest BCUT2D eigenvalue weighted by Gasteiger charge is 2.43. The molecule has 0 spiro atoms. The summed E-state index contributed by atoms with van der Waals surface area (Å²) in [6.07, 6.45) is 15.8. The van der Waals surface area contributed by atoms with Gasteiger partial charge >= 0.3 is 5.97 Å². The molecule has 0 saturated heterocycles. The first-order chi connectivity index (χ1) is 12.0. The Morgan fingerprint density at radius 1 is 0.960 bits per heavy atom. The van der Waals surface area contributed by atoms with Crippen molar-refractivity contribution in [3.05, 3.63) is 25.3 Å². The Morgan fingerprint density at radius 2 is 1.40 bits per heavy atom. The van der Waals surface area contributed by atoms with E-state index < -0.39 is 11.4 Å². The lowest BCUT2D eigenvalue weighted by Gasteiger charge is -2.35. The Bertz CT molecular complexity index is 342. The van der Waals surface area contributed by atoms with E-state index in [9.17, 15) is 9.90 Å². The van der Waals surface area contributed by atoms with Crippen molar-refractivity contribution in [1.82, 2.24) is 0 Å². The number of carboxylic acids is 1. The van der Waals surface area contributed by atoms with Gasteiger partial charge in [-0.15, -0.1) is 13.2 Å². The van der Waals surface area contributed by atoms with E-state index in [1.807, 2.05) is 26.0 Å². The standard InChI is InChI=1S/C22H40O3/c1-5-8-10-12-14-16-18-22(21(23)24,20(4)25-7-3)19-17-15-13-11-9-6-2/h5-6,20H,1-2,7-19H2,3-4H3,(H,23,24). The first-order valence-corrected chi connectivity index (χ1v) is 10.1. The van der Waals surface area contributed by atoms with Crippen LogP contribution in [0.25, 0.3) is 0 Å². The van der Waals surface area contributed by atoms with E-state index >= 15 is 0 Å². The van der Waals surface area contributed by atoms with Crippen LogP contribution in [0.1, 0.15) is 90.9 Å². The number of rotatable bonds is 18. The zero-order valence-corrected chi connectivity index (χ0v) is 16.6. The van der Waals surface area contributed by atoms with Gasteiger partial charge in [0.15, 0.2) is 0 Å². The first-order valence-electron chi connectivity index (χ1n) is 10.1. The maximum absolute atomic E-state index is 12.2. The Balaban J connectivity index is 4.61. The Hall–Kier alpha value is -1.09. The van der Waals surface area contributed by atoms with E-state index in [-0.39, 0.29) is 6.10 Å². The maximum atomic E-state index is 12.2. The van der Waals surface area contributed by atoms with Crippen LogP contribution in [0.2, 0.25) is 0 Å². The number of aliphatic carboxylic acids is 1. The first kappa shape index (κ1) is 23.9. The second-order valence-electron chi connectivity index (χ2n) is 7.04. The molecule has 25 heavy (non-hydrogen) atoms. The fourth-order valence-electron chi connectivity index (χ4n) is 3.49. The topological polar surface area (TPSA) is 46.5 Å². The molecule has 3 heteroatoms. The Morgan fingerprint density at radius 3 is 1.76 bits per heavy atom. The SMILES string of the molecule is C=CCCCCCCC(CCCCCCC=C)(C(=O)O)C(C)OCC. The molecule has 0 heterocycles. The van der Waals surface area contributed by atoms with Crippen molar-refractivity contribution >= 4 is 5.97 Å². The number of carboxylic acid groups (broad SMARTS) is 1. The fourth-order valence-corrected chi connectivity index (χ4v) is 3.49. The van der Waals surface area contributed by atoms with Gasteiger partial charge in [0.1, 0.15) is 0 Å². The predicted octanol–water partition coefficient (Wildman–Crippen LogP) is 6.54. The molecule has 0 aromatic heterocycles. The number of carbonyl (C=O) groups is 1. The highest BCUT2D eigenvalue weighted by atomic mass is 16.5. The molecule has 0 aliphatic carbocycles. The maximum Gasteiger partial charge on any atom is 0.312 e. The van der Waals surface area contributed by atoms with E-state index in [2.05, 4.69) is 13.2 Å². The molecular formula is C22H40O3. The molecule has 0 saturated carbocycles. The number of ether oxygens (including phenoxy) is 1. The van der Waals surface area contributed by atoms with Gasteiger partial charge in [0, 0.05) is 6.61 Å². The molecule has 0 aromatic carbocycles. The fraction of sp³-hybridized carbons (Fsp3) is 0.773. The summed E-state index contributed by atoms with van der Waals surface area (Å²) >= 11 is 0. The van der Waals surface area contributed by atoms with Gasteiger partial charge in [-0.2, -0.15) is 0 Å². The summed E-state index contributed by atoms with van der Waals surface area (Å²) < 4.78 is 5.75. The van der Waals surface area contributed by atoms with Gasteiger partial charge in [-0.05, 0) is 52.4 Å². The molecular weight excluding hydrogens is 312 g/mol. The molecule has 0 rings (SSSR count). The molecule has 0 aliphatic rings. The van der Waals surface area contributed by atoms with Crippen LogP contribution < -0.4 is 0 Å². The summed E-state index contributed by atoms with van der Waals surface area (Å²) in [5.74, 6) is -0.689. The van der Waals surface area contributed by atoms with Gasteiger partial charge in [-0.25, -0.2) is 0 Å². The van der Waals surface area contributed by atoms with Crippen molar-refractivity contribution in [3.63, 3.8) is 0 Å². The Kier molecular flexibility index (Phi) is 14.5. The summed E-state index contributed by atoms with van der Waals surface area (Å²) in [5.41, 5.74) is -0.743. The van der Waals surface area contributed by atoms with Crippen molar-refractivity contribution in [2.45, 2.75) is 97.0 Å². The number of allylic oxidation sites excluding steroid dienone is 2. The van der Waals surface area contributed by atoms with Crippen LogP contribution in [0.15, 0.2) is 25.3 Å². The molecule has 146 valence electrons. The molecule has 0 aliphatic heterocycles. The molecule has 1 unspecified atom stereocenters. The third kappa shape index (κ3) is 9.84. The second kappa shape index (κ2) is 15.2. The minimum atomic E-state index is -0.743. The van der Waals surface area contributed by atoms with Crippen LogP contribution in [0.4, 0.5) is 0 Å². The summed E-state index contributed by atoms with van der Waals surface area (Å²) in [6.45, 7) is 11.9. The molecule has 0 fully saturated rings. The molecule has 3 nitrogen and oxygen atoms in total. The number of hydrogen-bond donors (Lipinski definition) is 1. The van der Waals surface area contributed by atoms with E-state index in [0.29, 0.717) is 19.4 Å². The molecule has 0 aromatic rings. The van der Waals surface area contributed by atoms with Gasteiger partial charge in [-0.3, -0.25) is 4.79 Å². The summed E-state index contributed by atoms with van der Waals surface area (Å²) in [6, 6.07) is 0. The Labute approximate surface area is 155 Å². The zero-order valence-electron chi connectivity index (χ0n) is 16.6. The second-order valence-corrected chi connectivity index (χ2v) is 7.04. The smallest absolute Gasteiger partial charge is 0.312 e. The average molecular weight is 353 g/mol. The average Bonchev–Trinajstić information content (AvgIpc) is 2.59. The summed E-state index contributed by atoms with van der Waals surface area (Å²) in [7, 11) is 0. The minimum absolute atomic E-state index is 0.239. The third-order valence-corrected chi connectivity index (χ3v) is 5.18.